The number of aromatic nitrogens is 1. The zero-order valence-electron chi connectivity index (χ0n) is 12.1. The molecule has 0 fully saturated rings. The highest BCUT2D eigenvalue weighted by Crippen LogP contribution is 2.20. The summed E-state index contributed by atoms with van der Waals surface area (Å²) < 4.78 is 18.5. The molecule has 0 atom stereocenters. The van der Waals surface area contributed by atoms with Gasteiger partial charge in [-0.25, -0.2) is 9.37 Å². The van der Waals surface area contributed by atoms with Gasteiger partial charge < -0.3 is 10.1 Å². The smallest absolute Gasteiger partial charge is 0.255 e. The number of anilines is 1. The third kappa shape index (κ3) is 3.91. The van der Waals surface area contributed by atoms with Crippen LogP contribution in [0.5, 0.6) is 11.6 Å². The van der Waals surface area contributed by atoms with Crippen LogP contribution in [0.4, 0.5) is 10.1 Å². The quantitative estimate of drug-likeness (QED) is 0.783. The Balaban J connectivity index is 1.73. The molecule has 0 saturated heterocycles. The molecule has 4 nitrogen and oxygen atoms in total. The number of carbonyl (C=O) groups excluding carboxylic acids is 1. The van der Waals surface area contributed by atoms with Gasteiger partial charge in [0.15, 0.2) is 0 Å². The van der Waals surface area contributed by atoms with Crippen molar-refractivity contribution >= 4 is 11.6 Å². The van der Waals surface area contributed by atoms with Gasteiger partial charge in [0, 0.05) is 23.5 Å². The highest BCUT2D eigenvalue weighted by atomic mass is 19.1. The van der Waals surface area contributed by atoms with E-state index in [1.165, 1.54) is 24.3 Å². The highest BCUT2D eigenvalue weighted by Gasteiger charge is 2.08. The third-order valence-corrected chi connectivity index (χ3v) is 3.06. The molecule has 0 spiro atoms. The van der Waals surface area contributed by atoms with E-state index in [1.54, 1.807) is 42.6 Å². The van der Waals surface area contributed by atoms with Gasteiger partial charge >= 0.3 is 0 Å². The van der Waals surface area contributed by atoms with Crippen LogP contribution < -0.4 is 10.1 Å². The summed E-state index contributed by atoms with van der Waals surface area (Å²) in [6.45, 7) is 0. The number of hydrogen-bond donors (Lipinski definition) is 1. The SMILES string of the molecule is O=C(Nc1ccc(F)cc1)c1cccc(Oc2ccccn2)c1. The lowest BCUT2D eigenvalue weighted by Crippen LogP contribution is -2.11. The molecule has 0 aliphatic carbocycles. The summed E-state index contributed by atoms with van der Waals surface area (Å²) in [5.41, 5.74) is 0.954. The average molecular weight is 308 g/mol. The number of hydrogen-bond acceptors (Lipinski definition) is 3. The molecular formula is C18H13FN2O2. The largest absolute Gasteiger partial charge is 0.439 e. The van der Waals surface area contributed by atoms with Crippen molar-refractivity contribution in [1.82, 2.24) is 4.98 Å². The lowest BCUT2D eigenvalue weighted by molar-refractivity contribution is 0.102. The molecule has 5 heteroatoms. The Kier molecular flexibility index (Phi) is 4.29. The van der Waals surface area contributed by atoms with Gasteiger partial charge in [-0.15, -0.1) is 0 Å². The van der Waals surface area contributed by atoms with E-state index in [2.05, 4.69) is 10.3 Å². The summed E-state index contributed by atoms with van der Waals surface area (Å²) in [6, 6.07) is 17.7. The van der Waals surface area contributed by atoms with Crippen LogP contribution in [0.3, 0.4) is 0 Å². The van der Waals surface area contributed by atoms with Crippen LogP contribution in [0.15, 0.2) is 72.9 Å². The van der Waals surface area contributed by atoms with E-state index in [0.717, 1.165) is 0 Å². The van der Waals surface area contributed by atoms with Crippen molar-refractivity contribution in [1.29, 1.82) is 0 Å². The number of carbonyl (C=O) groups is 1. The molecule has 0 saturated carbocycles. The van der Waals surface area contributed by atoms with E-state index in [-0.39, 0.29) is 11.7 Å². The van der Waals surface area contributed by atoms with Crippen LogP contribution in [-0.2, 0) is 0 Å². The van der Waals surface area contributed by atoms with Crippen LogP contribution in [0.2, 0.25) is 0 Å². The van der Waals surface area contributed by atoms with Gasteiger partial charge in [0.2, 0.25) is 5.88 Å². The van der Waals surface area contributed by atoms with Crippen molar-refractivity contribution in [3.8, 4) is 11.6 Å². The summed E-state index contributed by atoms with van der Waals surface area (Å²) in [7, 11) is 0. The summed E-state index contributed by atoms with van der Waals surface area (Å²) in [6.07, 6.45) is 1.63. The Labute approximate surface area is 132 Å². The summed E-state index contributed by atoms with van der Waals surface area (Å²) in [5.74, 6) is 0.302. The van der Waals surface area contributed by atoms with Crippen molar-refractivity contribution in [2.24, 2.45) is 0 Å². The fourth-order valence-electron chi connectivity index (χ4n) is 1.97. The molecule has 0 radical (unpaired) electrons. The second kappa shape index (κ2) is 6.70. The summed E-state index contributed by atoms with van der Waals surface area (Å²) in [5, 5.41) is 2.70. The number of nitrogens with one attached hydrogen (secondary N) is 1. The van der Waals surface area contributed by atoms with E-state index in [1.807, 2.05) is 6.07 Å². The van der Waals surface area contributed by atoms with E-state index < -0.39 is 0 Å². The van der Waals surface area contributed by atoms with Crippen molar-refractivity contribution < 1.29 is 13.9 Å². The van der Waals surface area contributed by atoms with Crippen LogP contribution >= 0.6 is 0 Å². The summed E-state index contributed by atoms with van der Waals surface area (Å²) in [4.78, 5) is 16.3. The Morgan fingerprint density at radius 1 is 1.00 bits per heavy atom. The minimum atomic E-state index is -0.353. The molecule has 0 unspecified atom stereocenters. The second-order valence-electron chi connectivity index (χ2n) is 4.76. The first-order valence-electron chi connectivity index (χ1n) is 6.96. The number of benzene rings is 2. The molecule has 23 heavy (non-hydrogen) atoms. The highest BCUT2D eigenvalue weighted by molar-refractivity contribution is 6.04. The molecule has 1 amide bonds. The van der Waals surface area contributed by atoms with Crippen LogP contribution in [0.1, 0.15) is 10.4 Å². The van der Waals surface area contributed by atoms with Crippen LogP contribution in [-0.4, -0.2) is 10.9 Å². The zero-order valence-corrected chi connectivity index (χ0v) is 12.1. The van der Waals surface area contributed by atoms with E-state index in [9.17, 15) is 9.18 Å². The minimum Gasteiger partial charge on any atom is -0.439 e. The second-order valence-corrected chi connectivity index (χ2v) is 4.76. The maximum absolute atomic E-state index is 12.9. The van der Waals surface area contributed by atoms with E-state index in [0.29, 0.717) is 22.9 Å². The Morgan fingerprint density at radius 2 is 1.83 bits per heavy atom. The van der Waals surface area contributed by atoms with E-state index in [4.69, 9.17) is 4.74 Å². The standard InChI is InChI=1S/C18H13FN2O2/c19-14-7-9-15(10-8-14)21-18(22)13-4-3-5-16(12-13)23-17-6-1-2-11-20-17/h1-12H,(H,21,22). The van der Waals surface area contributed by atoms with Gasteiger partial charge in [0.1, 0.15) is 11.6 Å². The fourth-order valence-corrected chi connectivity index (χ4v) is 1.97. The maximum atomic E-state index is 12.9. The van der Waals surface area contributed by atoms with Crippen molar-refractivity contribution in [2.45, 2.75) is 0 Å². The molecule has 2 aromatic carbocycles. The molecule has 0 bridgehead atoms. The number of nitrogens with zero attached hydrogens (tertiary/aromatic N) is 1. The van der Waals surface area contributed by atoms with Crippen LogP contribution in [0.25, 0.3) is 0 Å². The van der Waals surface area contributed by atoms with Gasteiger partial charge in [-0.1, -0.05) is 12.1 Å². The monoisotopic (exact) mass is 308 g/mol. The first-order chi connectivity index (χ1) is 11.2. The van der Waals surface area contributed by atoms with Gasteiger partial charge in [-0.3, -0.25) is 4.79 Å². The van der Waals surface area contributed by atoms with Gasteiger partial charge in [0.05, 0.1) is 0 Å². The topological polar surface area (TPSA) is 51.2 Å². The fraction of sp³-hybridized carbons (Fsp3) is 0. The normalized spacial score (nSPS) is 10.1. The molecule has 0 aliphatic heterocycles. The Hall–Kier alpha value is -3.21. The zero-order chi connectivity index (χ0) is 16.1. The van der Waals surface area contributed by atoms with Crippen LogP contribution in [0, 0.1) is 5.82 Å². The van der Waals surface area contributed by atoms with E-state index >= 15 is 0 Å². The molecule has 1 heterocycles. The Morgan fingerprint density at radius 3 is 2.57 bits per heavy atom. The maximum Gasteiger partial charge on any atom is 0.255 e. The van der Waals surface area contributed by atoms with Gasteiger partial charge in [-0.2, -0.15) is 0 Å². The Bertz CT molecular complexity index is 805. The lowest BCUT2D eigenvalue weighted by atomic mass is 10.2. The number of halogens is 1. The molecule has 3 rings (SSSR count). The number of amides is 1. The first kappa shape index (κ1) is 14.7. The number of rotatable bonds is 4. The van der Waals surface area contributed by atoms with Crippen molar-refractivity contribution in [3.05, 3.63) is 84.3 Å². The minimum absolute atomic E-state index is 0.303. The molecule has 114 valence electrons. The molecular weight excluding hydrogens is 295 g/mol. The molecule has 3 aromatic rings. The average Bonchev–Trinajstić information content (AvgIpc) is 2.58. The lowest BCUT2D eigenvalue weighted by Gasteiger charge is -2.08. The van der Waals surface area contributed by atoms with Crippen molar-refractivity contribution in [2.75, 3.05) is 5.32 Å². The third-order valence-electron chi connectivity index (χ3n) is 3.06. The number of ether oxygens (including phenoxy) is 1. The molecule has 0 aliphatic rings. The van der Waals surface area contributed by atoms with Crippen molar-refractivity contribution in [3.63, 3.8) is 0 Å². The molecule has 1 N–H and O–H groups in total. The number of pyridine rings is 1. The van der Waals surface area contributed by atoms with Gasteiger partial charge in [0.25, 0.3) is 5.91 Å². The predicted octanol–water partition coefficient (Wildman–Crippen LogP) is 4.27. The van der Waals surface area contributed by atoms with Gasteiger partial charge in [-0.05, 0) is 48.5 Å². The predicted molar refractivity (Wildman–Crippen MR) is 85.1 cm³/mol. The molecule has 1 aromatic heterocycles. The first-order valence-corrected chi connectivity index (χ1v) is 6.96. The summed E-state index contributed by atoms with van der Waals surface area (Å²) >= 11 is 0.